The number of ether oxygens (including phenoxy) is 1. The zero-order chi connectivity index (χ0) is 11.9. The zero-order valence-corrected chi connectivity index (χ0v) is 9.89. The Morgan fingerprint density at radius 1 is 1.35 bits per heavy atom. The molecule has 0 spiro atoms. The summed E-state index contributed by atoms with van der Waals surface area (Å²) in [6.07, 6.45) is 6.52. The number of rotatable bonds is 2. The predicted octanol–water partition coefficient (Wildman–Crippen LogP) is 3.05. The standard InChI is InChI=1S/C15H15NO/c1-17-14-5-3-2-4-13(14)15(10-16)9-11-6-7-12(15)8-11/h2-7,11-12H,8-9H2,1H3/t11?,12?,15-/m0/s1. The molecule has 17 heavy (non-hydrogen) atoms. The number of fused-ring (bicyclic) bond motifs is 2. The van der Waals surface area contributed by atoms with Gasteiger partial charge in [-0.25, -0.2) is 0 Å². The average Bonchev–Trinajstić information content (AvgIpc) is 2.99. The molecule has 0 radical (unpaired) electrons. The molecule has 0 aromatic heterocycles. The van der Waals surface area contributed by atoms with E-state index < -0.39 is 0 Å². The minimum atomic E-state index is -0.369. The molecule has 0 heterocycles. The minimum Gasteiger partial charge on any atom is -0.496 e. The summed E-state index contributed by atoms with van der Waals surface area (Å²) in [6, 6.07) is 10.5. The molecule has 0 saturated heterocycles. The molecule has 2 bridgehead atoms. The highest BCUT2D eigenvalue weighted by Gasteiger charge is 2.51. The van der Waals surface area contributed by atoms with Gasteiger partial charge in [-0.1, -0.05) is 30.4 Å². The van der Waals surface area contributed by atoms with Crippen LogP contribution in [0.3, 0.4) is 0 Å². The largest absolute Gasteiger partial charge is 0.496 e. The van der Waals surface area contributed by atoms with Crippen LogP contribution < -0.4 is 4.74 Å². The fourth-order valence-corrected chi connectivity index (χ4v) is 3.37. The van der Waals surface area contributed by atoms with Crippen molar-refractivity contribution in [2.75, 3.05) is 7.11 Å². The molecule has 86 valence electrons. The maximum absolute atomic E-state index is 9.67. The second kappa shape index (κ2) is 3.63. The molecule has 3 rings (SSSR count). The van der Waals surface area contributed by atoms with Crippen LogP contribution in [0.15, 0.2) is 36.4 Å². The number of methoxy groups -OCH3 is 1. The first-order valence-electron chi connectivity index (χ1n) is 6.03. The molecule has 2 heteroatoms. The van der Waals surface area contributed by atoms with Gasteiger partial charge in [-0.15, -0.1) is 0 Å². The van der Waals surface area contributed by atoms with E-state index in [2.05, 4.69) is 18.2 Å². The van der Waals surface area contributed by atoms with E-state index >= 15 is 0 Å². The van der Waals surface area contributed by atoms with Crippen LogP contribution in [0.5, 0.6) is 5.75 Å². The van der Waals surface area contributed by atoms with Crippen molar-refractivity contribution in [3.63, 3.8) is 0 Å². The normalized spacial score (nSPS) is 33.6. The second-order valence-corrected chi connectivity index (χ2v) is 4.97. The highest BCUT2D eigenvalue weighted by molar-refractivity contribution is 5.48. The third-order valence-electron chi connectivity index (χ3n) is 4.18. The van der Waals surface area contributed by atoms with E-state index in [-0.39, 0.29) is 5.41 Å². The number of para-hydroxylation sites is 1. The van der Waals surface area contributed by atoms with E-state index in [4.69, 9.17) is 4.74 Å². The van der Waals surface area contributed by atoms with Gasteiger partial charge in [0.2, 0.25) is 0 Å². The average molecular weight is 225 g/mol. The Morgan fingerprint density at radius 3 is 2.76 bits per heavy atom. The Morgan fingerprint density at radius 2 is 2.18 bits per heavy atom. The lowest BCUT2D eigenvalue weighted by molar-refractivity contribution is 0.382. The lowest BCUT2D eigenvalue weighted by Crippen LogP contribution is -2.29. The third-order valence-corrected chi connectivity index (χ3v) is 4.18. The molecule has 1 aromatic carbocycles. The third kappa shape index (κ3) is 1.32. The molecule has 0 amide bonds. The maximum Gasteiger partial charge on any atom is 0.123 e. The van der Waals surface area contributed by atoms with Crippen LogP contribution in [0.4, 0.5) is 0 Å². The summed E-state index contributed by atoms with van der Waals surface area (Å²) >= 11 is 0. The highest BCUT2D eigenvalue weighted by atomic mass is 16.5. The van der Waals surface area contributed by atoms with E-state index in [9.17, 15) is 5.26 Å². The Bertz CT molecular complexity index is 514. The summed E-state index contributed by atoms with van der Waals surface area (Å²) in [4.78, 5) is 0. The quantitative estimate of drug-likeness (QED) is 0.725. The molecule has 2 nitrogen and oxygen atoms in total. The number of nitrogens with zero attached hydrogens (tertiary/aromatic N) is 1. The molecule has 1 aromatic rings. The van der Waals surface area contributed by atoms with Crippen molar-refractivity contribution in [1.29, 1.82) is 5.26 Å². The molecule has 1 saturated carbocycles. The van der Waals surface area contributed by atoms with Crippen molar-refractivity contribution < 1.29 is 4.74 Å². The van der Waals surface area contributed by atoms with Crippen LogP contribution in [0.25, 0.3) is 0 Å². The van der Waals surface area contributed by atoms with Crippen molar-refractivity contribution in [1.82, 2.24) is 0 Å². The molecule has 2 unspecified atom stereocenters. The fourth-order valence-electron chi connectivity index (χ4n) is 3.37. The lowest BCUT2D eigenvalue weighted by Gasteiger charge is -2.30. The van der Waals surface area contributed by atoms with Gasteiger partial charge in [0.05, 0.1) is 18.6 Å². The van der Waals surface area contributed by atoms with Gasteiger partial charge in [0, 0.05) is 11.5 Å². The van der Waals surface area contributed by atoms with E-state index in [1.807, 2.05) is 24.3 Å². The van der Waals surface area contributed by atoms with E-state index in [1.165, 1.54) is 0 Å². The number of nitriles is 1. The van der Waals surface area contributed by atoms with Gasteiger partial charge >= 0.3 is 0 Å². The van der Waals surface area contributed by atoms with Crippen LogP contribution in [0.2, 0.25) is 0 Å². The van der Waals surface area contributed by atoms with Crippen LogP contribution in [-0.2, 0) is 5.41 Å². The van der Waals surface area contributed by atoms with Crippen LogP contribution in [0.1, 0.15) is 18.4 Å². The van der Waals surface area contributed by atoms with Gasteiger partial charge in [-0.2, -0.15) is 5.26 Å². The molecule has 1 fully saturated rings. The van der Waals surface area contributed by atoms with Gasteiger partial charge in [-0.3, -0.25) is 0 Å². The Kier molecular flexibility index (Phi) is 2.22. The van der Waals surface area contributed by atoms with Gasteiger partial charge in [0.25, 0.3) is 0 Å². The van der Waals surface area contributed by atoms with Crippen LogP contribution in [-0.4, -0.2) is 7.11 Å². The first kappa shape index (κ1) is 10.4. The number of benzene rings is 1. The molecular weight excluding hydrogens is 210 g/mol. The smallest absolute Gasteiger partial charge is 0.123 e. The maximum atomic E-state index is 9.67. The van der Waals surface area contributed by atoms with Crippen molar-refractivity contribution in [3.8, 4) is 11.8 Å². The van der Waals surface area contributed by atoms with Crippen molar-refractivity contribution >= 4 is 0 Å². The van der Waals surface area contributed by atoms with E-state index in [1.54, 1.807) is 7.11 Å². The zero-order valence-electron chi connectivity index (χ0n) is 9.89. The summed E-state index contributed by atoms with van der Waals surface area (Å²) in [5, 5.41) is 9.67. The molecule has 2 aliphatic carbocycles. The summed E-state index contributed by atoms with van der Waals surface area (Å²) < 4.78 is 5.42. The molecule has 2 aliphatic rings. The molecule has 0 aliphatic heterocycles. The summed E-state index contributed by atoms with van der Waals surface area (Å²) in [5.41, 5.74) is 0.688. The van der Waals surface area contributed by atoms with E-state index in [0.717, 1.165) is 24.2 Å². The SMILES string of the molecule is COc1ccccc1[C@]1(C#N)CC2C=CC1C2. The Labute approximate surface area is 102 Å². The minimum absolute atomic E-state index is 0.355. The van der Waals surface area contributed by atoms with Gasteiger partial charge < -0.3 is 4.74 Å². The van der Waals surface area contributed by atoms with Crippen molar-refractivity contribution in [3.05, 3.63) is 42.0 Å². The predicted molar refractivity (Wildman–Crippen MR) is 65.6 cm³/mol. The highest BCUT2D eigenvalue weighted by Crippen LogP contribution is 2.54. The summed E-state index contributed by atoms with van der Waals surface area (Å²) in [6.45, 7) is 0. The number of hydrogen-bond donors (Lipinski definition) is 0. The first-order chi connectivity index (χ1) is 8.30. The van der Waals surface area contributed by atoms with E-state index in [0.29, 0.717) is 11.8 Å². The Hall–Kier alpha value is -1.75. The summed E-state index contributed by atoms with van der Waals surface area (Å²) in [5.74, 6) is 1.77. The Balaban J connectivity index is 2.13. The number of hydrogen-bond acceptors (Lipinski definition) is 2. The second-order valence-electron chi connectivity index (χ2n) is 4.97. The topological polar surface area (TPSA) is 33.0 Å². The van der Waals surface area contributed by atoms with Crippen LogP contribution >= 0.6 is 0 Å². The van der Waals surface area contributed by atoms with Crippen molar-refractivity contribution in [2.24, 2.45) is 11.8 Å². The summed E-state index contributed by atoms with van der Waals surface area (Å²) in [7, 11) is 1.67. The number of allylic oxidation sites excluding steroid dienone is 2. The molecule has 0 N–H and O–H groups in total. The molecule has 3 atom stereocenters. The van der Waals surface area contributed by atoms with Gasteiger partial charge in [-0.05, 0) is 24.8 Å². The molecular formula is C15H15NO. The van der Waals surface area contributed by atoms with Crippen molar-refractivity contribution in [2.45, 2.75) is 18.3 Å². The monoisotopic (exact) mass is 225 g/mol. The van der Waals surface area contributed by atoms with Gasteiger partial charge in [0.1, 0.15) is 5.75 Å². The first-order valence-corrected chi connectivity index (χ1v) is 6.03. The lowest BCUT2D eigenvalue weighted by atomic mass is 9.71. The van der Waals surface area contributed by atoms with Gasteiger partial charge in [0.15, 0.2) is 0 Å². The fraction of sp³-hybridized carbons (Fsp3) is 0.400. The van der Waals surface area contributed by atoms with Crippen LogP contribution in [0, 0.1) is 23.2 Å².